The molecule has 0 saturated heterocycles. The van der Waals surface area contributed by atoms with E-state index in [0.717, 1.165) is 36.5 Å². The number of aryl methyl sites for hydroxylation is 1. The van der Waals surface area contributed by atoms with Gasteiger partial charge in [0, 0.05) is 17.3 Å². The quantitative estimate of drug-likeness (QED) is 0.895. The van der Waals surface area contributed by atoms with Gasteiger partial charge in [0.25, 0.3) is 0 Å². The molecular formula is C14H23N3OS. The van der Waals surface area contributed by atoms with Crippen LogP contribution < -0.4 is 11.1 Å². The van der Waals surface area contributed by atoms with Crippen molar-refractivity contribution in [3.05, 3.63) is 10.6 Å². The zero-order valence-corrected chi connectivity index (χ0v) is 12.8. The molecule has 0 aromatic carbocycles. The molecule has 0 bridgehead atoms. The molecule has 1 heterocycles. The van der Waals surface area contributed by atoms with Gasteiger partial charge < -0.3 is 11.1 Å². The fraction of sp³-hybridized carbons (Fsp3) is 0.714. The van der Waals surface area contributed by atoms with Crippen LogP contribution in [-0.4, -0.2) is 16.9 Å². The second-order valence-corrected chi connectivity index (χ2v) is 7.58. The molecule has 1 atom stereocenters. The van der Waals surface area contributed by atoms with Gasteiger partial charge in [-0.2, -0.15) is 0 Å². The first-order valence-corrected chi connectivity index (χ1v) is 7.69. The van der Waals surface area contributed by atoms with Crippen LogP contribution in [-0.2, 0) is 17.6 Å². The lowest BCUT2D eigenvalue weighted by Gasteiger charge is -2.16. The van der Waals surface area contributed by atoms with Crippen molar-refractivity contribution in [1.29, 1.82) is 0 Å². The summed E-state index contributed by atoms with van der Waals surface area (Å²) < 4.78 is 0. The van der Waals surface area contributed by atoms with Crippen LogP contribution in [0.5, 0.6) is 0 Å². The number of nitrogens with one attached hydrogen (secondary N) is 1. The van der Waals surface area contributed by atoms with Crippen LogP contribution in [0.15, 0.2) is 0 Å². The van der Waals surface area contributed by atoms with Crippen LogP contribution in [0.2, 0.25) is 0 Å². The smallest absolute Gasteiger partial charge is 0.226 e. The number of hydrogen-bond donors (Lipinski definition) is 2. The number of nitrogens with two attached hydrogens (primary N) is 1. The van der Waals surface area contributed by atoms with Crippen molar-refractivity contribution in [2.24, 2.45) is 11.1 Å². The Morgan fingerprint density at radius 3 is 2.95 bits per heavy atom. The van der Waals surface area contributed by atoms with E-state index in [2.05, 4.69) is 31.1 Å². The summed E-state index contributed by atoms with van der Waals surface area (Å²) in [5.41, 5.74) is 7.26. The van der Waals surface area contributed by atoms with Crippen molar-refractivity contribution in [1.82, 2.24) is 4.98 Å². The molecule has 0 radical (unpaired) electrons. The van der Waals surface area contributed by atoms with Gasteiger partial charge >= 0.3 is 0 Å². The summed E-state index contributed by atoms with van der Waals surface area (Å²) in [4.78, 5) is 17.6. The molecule has 1 aliphatic carbocycles. The molecule has 2 rings (SSSR count). The lowest BCUT2D eigenvalue weighted by Crippen LogP contribution is -2.27. The topological polar surface area (TPSA) is 68.0 Å². The molecule has 1 aromatic heterocycles. The van der Waals surface area contributed by atoms with E-state index < -0.39 is 0 Å². The molecule has 106 valence electrons. The highest BCUT2D eigenvalue weighted by Crippen LogP contribution is 2.29. The zero-order chi connectivity index (χ0) is 14.0. The second kappa shape index (κ2) is 5.59. The highest BCUT2D eigenvalue weighted by atomic mass is 32.1. The van der Waals surface area contributed by atoms with Crippen LogP contribution >= 0.6 is 11.3 Å². The minimum atomic E-state index is 0.0605. The fourth-order valence-electron chi connectivity index (χ4n) is 2.12. The Hall–Kier alpha value is -0.940. The number of hydrogen-bond acceptors (Lipinski definition) is 4. The molecule has 0 unspecified atom stereocenters. The average molecular weight is 281 g/mol. The van der Waals surface area contributed by atoms with Crippen LogP contribution in [0.25, 0.3) is 0 Å². The van der Waals surface area contributed by atoms with Crippen molar-refractivity contribution in [3.8, 4) is 0 Å². The van der Waals surface area contributed by atoms with E-state index in [0.29, 0.717) is 6.42 Å². The van der Waals surface area contributed by atoms with Crippen molar-refractivity contribution < 1.29 is 4.79 Å². The molecule has 3 N–H and O–H groups in total. The molecule has 4 nitrogen and oxygen atoms in total. The van der Waals surface area contributed by atoms with Crippen molar-refractivity contribution in [2.45, 2.75) is 58.9 Å². The number of nitrogens with zero attached hydrogens (tertiary/aromatic N) is 1. The Bertz CT molecular complexity index is 462. The third kappa shape index (κ3) is 4.28. The van der Waals surface area contributed by atoms with E-state index in [1.165, 1.54) is 4.88 Å². The number of anilines is 1. The van der Waals surface area contributed by atoms with E-state index in [4.69, 9.17) is 5.73 Å². The van der Waals surface area contributed by atoms with Crippen molar-refractivity contribution in [2.75, 3.05) is 5.32 Å². The Labute approximate surface area is 118 Å². The molecule has 0 saturated carbocycles. The van der Waals surface area contributed by atoms with Crippen LogP contribution in [0, 0.1) is 5.41 Å². The summed E-state index contributed by atoms with van der Waals surface area (Å²) in [6, 6.07) is 0.248. The summed E-state index contributed by atoms with van der Waals surface area (Å²) in [7, 11) is 0. The Balaban J connectivity index is 1.91. The van der Waals surface area contributed by atoms with Crippen molar-refractivity contribution in [3.63, 3.8) is 0 Å². The number of rotatable bonds is 3. The van der Waals surface area contributed by atoms with E-state index >= 15 is 0 Å². The van der Waals surface area contributed by atoms with E-state index in [1.54, 1.807) is 11.3 Å². The van der Waals surface area contributed by atoms with E-state index in [1.807, 2.05) is 0 Å². The number of amides is 1. The van der Waals surface area contributed by atoms with Gasteiger partial charge in [0.2, 0.25) is 5.91 Å². The zero-order valence-electron chi connectivity index (χ0n) is 12.0. The van der Waals surface area contributed by atoms with Gasteiger partial charge in [-0.1, -0.05) is 20.8 Å². The first-order valence-electron chi connectivity index (χ1n) is 6.87. The maximum atomic E-state index is 11.9. The number of carbonyl (C=O) groups excluding carboxylic acids is 1. The lowest BCUT2D eigenvalue weighted by atomic mass is 9.90. The van der Waals surface area contributed by atoms with Crippen molar-refractivity contribution >= 4 is 22.4 Å². The van der Waals surface area contributed by atoms with Gasteiger partial charge in [0.1, 0.15) is 0 Å². The maximum absolute atomic E-state index is 11.9. The summed E-state index contributed by atoms with van der Waals surface area (Å²) in [5.74, 6) is 0.0605. The second-order valence-electron chi connectivity index (χ2n) is 6.50. The third-order valence-corrected chi connectivity index (χ3v) is 4.36. The monoisotopic (exact) mass is 281 g/mol. The molecule has 19 heavy (non-hydrogen) atoms. The molecule has 0 spiro atoms. The predicted octanol–water partition coefficient (Wildman–Crippen LogP) is 2.72. The van der Waals surface area contributed by atoms with Gasteiger partial charge in [-0.3, -0.25) is 4.79 Å². The number of aromatic nitrogens is 1. The summed E-state index contributed by atoms with van der Waals surface area (Å²) in [6.07, 6.45) is 4.26. The summed E-state index contributed by atoms with van der Waals surface area (Å²) >= 11 is 1.58. The van der Waals surface area contributed by atoms with E-state index in [9.17, 15) is 4.79 Å². The normalized spacial score (nSPS) is 19.1. The molecule has 1 aliphatic rings. The Kier molecular flexibility index (Phi) is 4.26. The Morgan fingerprint density at radius 1 is 1.53 bits per heavy atom. The largest absolute Gasteiger partial charge is 0.327 e. The summed E-state index contributed by atoms with van der Waals surface area (Å²) in [5, 5.41) is 3.65. The number of thiazole rings is 1. The minimum Gasteiger partial charge on any atom is -0.327 e. The van der Waals surface area contributed by atoms with Crippen LogP contribution in [0.4, 0.5) is 5.13 Å². The van der Waals surface area contributed by atoms with Crippen LogP contribution in [0.3, 0.4) is 0 Å². The minimum absolute atomic E-state index is 0.0605. The van der Waals surface area contributed by atoms with Gasteiger partial charge in [-0.15, -0.1) is 11.3 Å². The third-order valence-electron chi connectivity index (χ3n) is 3.33. The van der Waals surface area contributed by atoms with E-state index in [-0.39, 0.29) is 17.4 Å². The standard InChI is InChI=1S/C14H23N3OS/c1-14(2,3)7-6-12(18)17-13-16-10-5-4-9(15)8-11(10)19-13/h9H,4-8,15H2,1-3H3,(H,16,17,18)/t9-/m0/s1. The number of fused-ring (bicyclic) bond motifs is 1. The fourth-order valence-corrected chi connectivity index (χ4v) is 3.24. The van der Waals surface area contributed by atoms with Gasteiger partial charge in [-0.25, -0.2) is 4.98 Å². The van der Waals surface area contributed by atoms with Gasteiger partial charge in [0.05, 0.1) is 5.69 Å². The first-order chi connectivity index (χ1) is 8.83. The van der Waals surface area contributed by atoms with Gasteiger partial charge in [-0.05, 0) is 31.1 Å². The maximum Gasteiger partial charge on any atom is 0.226 e. The highest BCUT2D eigenvalue weighted by Gasteiger charge is 2.21. The number of carbonyl (C=O) groups is 1. The first kappa shape index (κ1) is 14.5. The molecule has 5 heteroatoms. The highest BCUT2D eigenvalue weighted by molar-refractivity contribution is 7.15. The SMILES string of the molecule is CC(C)(C)CCC(=O)Nc1nc2c(s1)C[C@@H](N)CC2. The molecular weight excluding hydrogens is 258 g/mol. The van der Waals surface area contributed by atoms with Gasteiger partial charge in [0.15, 0.2) is 5.13 Å². The predicted molar refractivity (Wildman–Crippen MR) is 79.4 cm³/mol. The molecule has 1 amide bonds. The summed E-state index contributed by atoms with van der Waals surface area (Å²) in [6.45, 7) is 6.43. The lowest BCUT2D eigenvalue weighted by molar-refractivity contribution is -0.116. The molecule has 1 aromatic rings. The average Bonchev–Trinajstić information content (AvgIpc) is 2.66. The molecule has 0 aliphatic heterocycles. The van der Waals surface area contributed by atoms with Crippen LogP contribution in [0.1, 0.15) is 50.6 Å². The molecule has 0 fully saturated rings. The Morgan fingerprint density at radius 2 is 2.26 bits per heavy atom.